The molecular formula is C11H12N2O4. The molecule has 2 heterocycles. The largest absolute Gasteiger partial charge is 0.481 e. The molecule has 1 amide bonds. The van der Waals surface area contributed by atoms with Crippen molar-refractivity contribution in [3.8, 4) is 5.75 Å². The number of amides is 1. The zero-order valence-corrected chi connectivity index (χ0v) is 9.21. The summed E-state index contributed by atoms with van der Waals surface area (Å²) >= 11 is 0. The van der Waals surface area contributed by atoms with E-state index >= 15 is 0 Å². The van der Waals surface area contributed by atoms with Gasteiger partial charge in [0.15, 0.2) is 17.7 Å². The molecule has 2 rings (SSSR count). The number of fused-ring (bicyclic) bond motifs is 1. The molecule has 1 aliphatic heterocycles. The second-order valence-corrected chi connectivity index (χ2v) is 3.95. The number of nitrogens with one attached hydrogen (secondary N) is 1. The van der Waals surface area contributed by atoms with Gasteiger partial charge >= 0.3 is 5.97 Å². The van der Waals surface area contributed by atoms with Crippen molar-refractivity contribution in [2.75, 3.05) is 5.32 Å². The number of carbonyl (C=O) groups is 2. The molecule has 0 radical (unpaired) electrons. The first-order valence-electron chi connectivity index (χ1n) is 5.22. The number of anilines is 1. The number of hydrogen-bond acceptors (Lipinski definition) is 4. The zero-order chi connectivity index (χ0) is 12.4. The topological polar surface area (TPSA) is 88.5 Å². The number of nitrogens with zero attached hydrogens (tertiary/aromatic N) is 1. The van der Waals surface area contributed by atoms with Gasteiger partial charge in [-0.15, -0.1) is 0 Å². The minimum atomic E-state index is -0.953. The van der Waals surface area contributed by atoms with Gasteiger partial charge in [-0.25, -0.2) is 4.98 Å². The van der Waals surface area contributed by atoms with Crippen LogP contribution in [0.5, 0.6) is 5.75 Å². The van der Waals surface area contributed by atoms with E-state index in [1.165, 1.54) is 0 Å². The Balaban J connectivity index is 2.17. The lowest BCUT2D eigenvalue weighted by Gasteiger charge is -2.28. The Kier molecular flexibility index (Phi) is 2.95. The highest BCUT2D eigenvalue weighted by molar-refractivity contribution is 5.97. The first-order valence-corrected chi connectivity index (χ1v) is 5.22. The lowest BCUT2D eigenvalue weighted by Crippen LogP contribution is -2.42. The molecule has 0 aromatic carbocycles. The Bertz CT molecular complexity index is 461. The number of hydrogen-bond donors (Lipinski definition) is 2. The summed E-state index contributed by atoms with van der Waals surface area (Å²) in [5.74, 6) is -0.873. The summed E-state index contributed by atoms with van der Waals surface area (Å²) in [5, 5.41) is 11.3. The number of pyridine rings is 1. The standard InChI is InChI=1S/C11H12N2O4/c1-6(5-8(14)15)9-11(16)13-10-7(17-9)3-2-4-12-10/h2-4,6,9H,5H2,1H3,(H,14,15)(H,12,13,16). The Hall–Kier alpha value is -2.11. The number of carbonyl (C=O) groups excluding carboxylic acids is 1. The van der Waals surface area contributed by atoms with Gasteiger partial charge in [-0.3, -0.25) is 9.59 Å². The van der Waals surface area contributed by atoms with Crippen LogP contribution < -0.4 is 10.1 Å². The number of aliphatic carboxylic acids is 1. The molecule has 90 valence electrons. The number of carboxylic acid groups (broad SMARTS) is 1. The van der Waals surface area contributed by atoms with E-state index in [2.05, 4.69) is 10.3 Å². The van der Waals surface area contributed by atoms with Crippen LogP contribution in [0.1, 0.15) is 13.3 Å². The summed E-state index contributed by atoms with van der Waals surface area (Å²) < 4.78 is 5.47. The van der Waals surface area contributed by atoms with Gasteiger partial charge in [0.1, 0.15) is 0 Å². The minimum Gasteiger partial charge on any atom is -0.481 e. The van der Waals surface area contributed by atoms with Crippen molar-refractivity contribution in [3.63, 3.8) is 0 Å². The van der Waals surface area contributed by atoms with E-state index in [0.717, 1.165) is 0 Å². The van der Waals surface area contributed by atoms with Crippen molar-refractivity contribution in [1.82, 2.24) is 4.98 Å². The highest BCUT2D eigenvalue weighted by Gasteiger charge is 2.33. The predicted molar refractivity (Wildman–Crippen MR) is 58.7 cm³/mol. The summed E-state index contributed by atoms with van der Waals surface area (Å²) in [7, 11) is 0. The number of carboxylic acids is 1. The third kappa shape index (κ3) is 2.35. The van der Waals surface area contributed by atoms with Crippen molar-refractivity contribution < 1.29 is 19.4 Å². The van der Waals surface area contributed by atoms with Crippen molar-refractivity contribution in [3.05, 3.63) is 18.3 Å². The van der Waals surface area contributed by atoms with Crippen molar-refractivity contribution in [2.24, 2.45) is 5.92 Å². The monoisotopic (exact) mass is 236 g/mol. The average molecular weight is 236 g/mol. The van der Waals surface area contributed by atoms with Crippen LogP contribution in [0.15, 0.2) is 18.3 Å². The molecule has 0 fully saturated rings. The van der Waals surface area contributed by atoms with Gasteiger partial charge in [-0.05, 0) is 12.1 Å². The van der Waals surface area contributed by atoms with Gasteiger partial charge in [-0.2, -0.15) is 0 Å². The zero-order valence-electron chi connectivity index (χ0n) is 9.21. The van der Waals surface area contributed by atoms with Crippen LogP contribution in [0.3, 0.4) is 0 Å². The maximum atomic E-state index is 11.7. The lowest BCUT2D eigenvalue weighted by molar-refractivity contribution is -0.139. The highest BCUT2D eigenvalue weighted by Crippen LogP contribution is 2.29. The van der Waals surface area contributed by atoms with Crippen LogP contribution in [0, 0.1) is 5.92 Å². The van der Waals surface area contributed by atoms with Crippen LogP contribution in [0.25, 0.3) is 0 Å². The van der Waals surface area contributed by atoms with Crippen LogP contribution in [0.2, 0.25) is 0 Å². The smallest absolute Gasteiger partial charge is 0.303 e. The van der Waals surface area contributed by atoms with Crippen LogP contribution in [-0.2, 0) is 9.59 Å². The molecule has 2 N–H and O–H groups in total. The van der Waals surface area contributed by atoms with E-state index in [4.69, 9.17) is 9.84 Å². The first-order chi connectivity index (χ1) is 8.08. The maximum Gasteiger partial charge on any atom is 0.303 e. The summed E-state index contributed by atoms with van der Waals surface area (Å²) in [6.07, 6.45) is 0.639. The SMILES string of the molecule is CC(CC(=O)O)C1Oc2cccnc2NC1=O. The van der Waals surface area contributed by atoms with Crippen LogP contribution in [0.4, 0.5) is 5.82 Å². The number of aromatic nitrogens is 1. The quantitative estimate of drug-likeness (QED) is 0.813. The molecular weight excluding hydrogens is 224 g/mol. The first kappa shape index (κ1) is 11.4. The van der Waals surface area contributed by atoms with Crippen molar-refractivity contribution >= 4 is 17.7 Å². The molecule has 17 heavy (non-hydrogen) atoms. The predicted octanol–water partition coefficient (Wildman–Crippen LogP) is 0.892. The van der Waals surface area contributed by atoms with Gasteiger partial charge in [0, 0.05) is 12.1 Å². The molecule has 2 unspecified atom stereocenters. The van der Waals surface area contributed by atoms with E-state index in [1.807, 2.05) is 0 Å². The lowest BCUT2D eigenvalue weighted by atomic mass is 9.99. The maximum absolute atomic E-state index is 11.7. The Morgan fingerprint density at radius 2 is 2.47 bits per heavy atom. The van der Waals surface area contributed by atoms with Crippen LogP contribution >= 0.6 is 0 Å². The summed E-state index contributed by atoms with van der Waals surface area (Å²) in [4.78, 5) is 26.3. The highest BCUT2D eigenvalue weighted by atomic mass is 16.5. The molecule has 1 aromatic rings. The molecule has 0 bridgehead atoms. The van der Waals surface area contributed by atoms with E-state index < -0.39 is 18.0 Å². The molecule has 0 saturated carbocycles. The molecule has 1 aromatic heterocycles. The van der Waals surface area contributed by atoms with Gasteiger partial charge in [0.25, 0.3) is 5.91 Å². The van der Waals surface area contributed by atoms with Gasteiger partial charge in [0.05, 0.1) is 6.42 Å². The molecule has 6 heteroatoms. The molecule has 6 nitrogen and oxygen atoms in total. The van der Waals surface area contributed by atoms with E-state index in [0.29, 0.717) is 11.6 Å². The average Bonchev–Trinajstić information content (AvgIpc) is 2.27. The van der Waals surface area contributed by atoms with E-state index in [1.54, 1.807) is 25.3 Å². The van der Waals surface area contributed by atoms with E-state index in [-0.39, 0.29) is 12.3 Å². The molecule has 1 aliphatic rings. The van der Waals surface area contributed by atoms with Gasteiger partial charge < -0.3 is 15.2 Å². The number of rotatable bonds is 3. The molecule has 2 atom stereocenters. The molecule has 0 spiro atoms. The fourth-order valence-electron chi connectivity index (χ4n) is 1.71. The second kappa shape index (κ2) is 4.40. The molecule has 0 saturated heterocycles. The normalized spacial score (nSPS) is 19.8. The summed E-state index contributed by atoms with van der Waals surface area (Å²) in [6.45, 7) is 1.67. The van der Waals surface area contributed by atoms with E-state index in [9.17, 15) is 9.59 Å². The van der Waals surface area contributed by atoms with Gasteiger partial charge in [-0.1, -0.05) is 6.92 Å². The Morgan fingerprint density at radius 3 is 3.18 bits per heavy atom. The fraction of sp³-hybridized carbons (Fsp3) is 0.364. The molecule has 0 aliphatic carbocycles. The third-order valence-corrected chi connectivity index (χ3v) is 2.54. The Labute approximate surface area is 97.6 Å². The van der Waals surface area contributed by atoms with Crippen LogP contribution in [-0.4, -0.2) is 28.1 Å². The third-order valence-electron chi connectivity index (χ3n) is 2.54. The Morgan fingerprint density at radius 1 is 1.71 bits per heavy atom. The minimum absolute atomic E-state index is 0.117. The second-order valence-electron chi connectivity index (χ2n) is 3.95. The van der Waals surface area contributed by atoms with Crippen molar-refractivity contribution in [2.45, 2.75) is 19.4 Å². The van der Waals surface area contributed by atoms with Gasteiger partial charge in [0.2, 0.25) is 0 Å². The van der Waals surface area contributed by atoms with Crippen molar-refractivity contribution in [1.29, 1.82) is 0 Å². The number of ether oxygens (including phenoxy) is 1. The fourth-order valence-corrected chi connectivity index (χ4v) is 1.71. The summed E-state index contributed by atoms with van der Waals surface area (Å²) in [5.41, 5.74) is 0. The summed E-state index contributed by atoms with van der Waals surface area (Å²) in [6, 6.07) is 3.37.